The van der Waals surface area contributed by atoms with Gasteiger partial charge in [-0.1, -0.05) is 0 Å². The van der Waals surface area contributed by atoms with Crippen LogP contribution in [-0.4, -0.2) is 43.3 Å². The number of aromatic nitrogens is 2. The molecule has 0 amide bonds. The molecule has 1 aliphatic rings. The Morgan fingerprint density at radius 3 is 2.77 bits per heavy atom. The van der Waals surface area contributed by atoms with Crippen LogP contribution in [0.3, 0.4) is 0 Å². The molecule has 1 saturated heterocycles. The number of hydrogen-bond acceptors (Lipinski definition) is 6. The number of nitrogens with one attached hydrogen (secondary N) is 1. The van der Waals surface area contributed by atoms with Crippen molar-refractivity contribution in [3.8, 4) is 0 Å². The van der Waals surface area contributed by atoms with Crippen LogP contribution in [0, 0.1) is 6.92 Å². The predicted octanol–water partition coefficient (Wildman–Crippen LogP) is -4.28. The summed E-state index contributed by atoms with van der Waals surface area (Å²) in [4.78, 5) is 42.3. The molecule has 0 unspecified atom stereocenters. The predicted molar refractivity (Wildman–Crippen MR) is 69.7 cm³/mol. The maximum Gasteiger partial charge on any atom is 1.00 e. The minimum absolute atomic E-state index is 0. The van der Waals surface area contributed by atoms with Gasteiger partial charge in [0.1, 0.15) is 12.3 Å². The van der Waals surface area contributed by atoms with Gasteiger partial charge in [-0.2, -0.15) is 0 Å². The van der Waals surface area contributed by atoms with Crippen molar-refractivity contribution in [2.45, 2.75) is 31.8 Å². The Labute approximate surface area is 148 Å². The number of aryl methyl sites for hydroxylation is 1. The van der Waals surface area contributed by atoms with Gasteiger partial charge >= 0.3 is 43.1 Å². The van der Waals surface area contributed by atoms with E-state index in [9.17, 15) is 19.3 Å². The van der Waals surface area contributed by atoms with Crippen molar-refractivity contribution < 1.29 is 59.7 Å². The van der Waals surface area contributed by atoms with Gasteiger partial charge in [0.05, 0.1) is 12.7 Å². The van der Waals surface area contributed by atoms with Crippen LogP contribution in [0.1, 0.15) is 19.6 Å². The molecule has 3 atom stereocenters. The fourth-order valence-corrected chi connectivity index (χ4v) is 2.35. The van der Waals surface area contributed by atoms with E-state index < -0.39 is 44.1 Å². The second-order valence-electron chi connectivity index (χ2n) is 4.70. The summed E-state index contributed by atoms with van der Waals surface area (Å²) in [5.41, 5.74) is -0.918. The summed E-state index contributed by atoms with van der Waals surface area (Å²) in [6.07, 6.45) is -1.57. The molecule has 0 radical (unpaired) electrons. The Kier molecular flexibility index (Phi) is 6.75. The van der Waals surface area contributed by atoms with Crippen LogP contribution in [0.2, 0.25) is 0 Å². The number of rotatable bonds is 4. The molecule has 2 heterocycles. The Bertz CT molecular complexity index is 688. The minimum atomic E-state index is -4.67. The van der Waals surface area contributed by atoms with E-state index in [1.165, 1.54) is 13.1 Å². The number of hydrogen-bond donors (Lipinski definition) is 4. The first-order valence-corrected chi connectivity index (χ1v) is 7.56. The first-order chi connectivity index (χ1) is 9.67. The van der Waals surface area contributed by atoms with Crippen LogP contribution >= 0.6 is 7.82 Å². The van der Waals surface area contributed by atoms with Crippen LogP contribution in [0.15, 0.2) is 15.8 Å². The largest absolute Gasteiger partial charge is 1.00 e. The molecule has 2 rings (SSSR count). The fraction of sp³-hybridized carbons (Fsp3) is 0.600. The molecule has 0 spiro atoms. The maximum atomic E-state index is 11.7. The molecule has 1 fully saturated rings. The number of ether oxygens (including phenoxy) is 1. The van der Waals surface area contributed by atoms with Crippen molar-refractivity contribution in [3.63, 3.8) is 0 Å². The Morgan fingerprint density at radius 2 is 2.18 bits per heavy atom. The number of aliphatic hydroxyl groups is 1. The van der Waals surface area contributed by atoms with Gasteiger partial charge in [0.15, 0.2) is 0 Å². The van der Waals surface area contributed by atoms with E-state index in [0.717, 1.165) is 4.57 Å². The molecule has 10 nitrogen and oxygen atoms in total. The van der Waals surface area contributed by atoms with Crippen LogP contribution in [0.5, 0.6) is 0 Å². The molecule has 4 N–H and O–H groups in total. The van der Waals surface area contributed by atoms with Crippen LogP contribution in [0.25, 0.3) is 0 Å². The van der Waals surface area contributed by atoms with Crippen molar-refractivity contribution >= 4 is 7.82 Å². The topological polar surface area (TPSA) is 151 Å². The summed E-state index contributed by atoms with van der Waals surface area (Å²) in [5, 5.41) is 9.79. The molecular formula is C10H16N2NaO8P. The van der Waals surface area contributed by atoms with E-state index in [2.05, 4.69) is 9.51 Å². The third-order valence-electron chi connectivity index (χ3n) is 3.07. The minimum Gasteiger partial charge on any atom is -1.00 e. The maximum absolute atomic E-state index is 11.7. The van der Waals surface area contributed by atoms with Crippen molar-refractivity contribution in [1.82, 2.24) is 9.55 Å². The zero-order valence-corrected chi connectivity index (χ0v) is 14.9. The molecule has 0 saturated carbocycles. The SMILES string of the molecule is Cc1cn([C@H]2C[C@H](O)[C@@H](COP(=O)(O)O)O2)c(=O)[nH]c1=O.[H-].[Na+]. The Morgan fingerprint density at radius 1 is 1.55 bits per heavy atom. The van der Waals surface area contributed by atoms with Gasteiger partial charge in [-0.05, 0) is 6.92 Å². The molecule has 22 heavy (non-hydrogen) atoms. The van der Waals surface area contributed by atoms with Crippen molar-refractivity contribution in [1.29, 1.82) is 0 Å². The van der Waals surface area contributed by atoms with Crippen molar-refractivity contribution in [2.75, 3.05) is 6.61 Å². The Hall–Kier alpha value is -0.290. The van der Waals surface area contributed by atoms with Crippen LogP contribution < -0.4 is 40.8 Å². The summed E-state index contributed by atoms with van der Waals surface area (Å²) in [5.74, 6) is 0. The number of phosphoric ester groups is 1. The van der Waals surface area contributed by atoms with Crippen LogP contribution in [-0.2, 0) is 13.8 Å². The van der Waals surface area contributed by atoms with Crippen LogP contribution in [0.4, 0.5) is 0 Å². The summed E-state index contributed by atoms with van der Waals surface area (Å²) >= 11 is 0. The van der Waals surface area contributed by atoms with Gasteiger partial charge in [0, 0.05) is 18.2 Å². The molecule has 0 bridgehead atoms. The normalized spacial score (nSPS) is 25.0. The fourth-order valence-electron chi connectivity index (χ4n) is 2.01. The van der Waals surface area contributed by atoms with E-state index in [4.69, 9.17) is 14.5 Å². The molecule has 120 valence electrons. The molecular weight excluding hydrogens is 330 g/mol. The summed E-state index contributed by atoms with van der Waals surface area (Å²) in [6.45, 7) is 0.994. The zero-order valence-electron chi connectivity index (χ0n) is 13.0. The van der Waals surface area contributed by atoms with Gasteiger partial charge in [0.25, 0.3) is 5.56 Å². The number of aromatic amines is 1. The monoisotopic (exact) mass is 346 g/mol. The van der Waals surface area contributed by atoms with E-state index in [-0.39, 0.29) is 37.4 Å². The summed E-state index contributed by atoms with van der Waals surface area (Å²) < 4.78 is 21.4. The van der Waals surface area contributed by atoms with Gasteiger partial charge in [-0.25, -0.2) is 9.36 Å². The summed E-state index contributed by atoms with van der Waals surface area (Å²) in [6, 6.07) is 0. The van der Waals surface area contributed by atoms with Gasteiger partial charge in [-0.15, -0.1) is 0 Å². The average molecular weight is 346 g/mol. The van der Waals surface area contributed by atoms with Gasteiger partial charge in [-0.3, -0.25) is 18.9 Å². The number of nitrogens with zero attached hydrogens (tertiary/aromatic N) is 1. The molecule has 0 aliphatic carbocycles. The van der Waals surface area contributed by atoms with E-state index in [0.29, 0.717) is 5.56 Å². The van der Waals surface area contributed by atoms with Crippen molar-refractivity contribution in [2.24, 2.45) is 0 Å². The van der Waals surface area contributed by atoms with Crippen molar-refractivity contribution in [3.05, 3.63) is 32.6 Å². The molecule has 1 aliphatic heterocycles. The van der Waals surface area contributed by atoms with E-state index >= 15 is 0 Å². The van der Waals surface area contributed by atoms with E-state index in [1.54, 1.807) is 0 Å². The molecule has 1 aromatic rings. The first-order valence-electron chi connectivity index (χ1n) is 6.03. The second kappa shape index (κ2) is 7.52. The number of phosphoric acid groups is 1. The van der Waals surface area contributed by atoms with Gasteiger partial charge in [0.2, 0.25) is 0 Å². The average Bonchev–Trinajstić information content (AvgIpc) is 2.72. The summed E-state index contributed by atoms with van der Waals surface area (Å²) in [7, 11) is -4.67. The van der Waals surface area contributed by atoms with E-state index in [1.807, 2.05) is 0 Å². The molecule has 0 aromatic carbocycles. The number of H-pyrrole nitrogens is 1. The molecule has 12 heteroatoms. The zero-order chi connectivity index (χ0) is 15.8. The second-order valence-corrected chi connectivity index (χ2v) is 5.94. The third-order valence-corrected chi connectivity index (χ3v) is 3.55. The Balaban J connectivity index is 0.00000242. The standard InChI is InChI=1S/C10H15N2O8P.Na.H/c1-5-3-12(10(15)11-9(5)14)8-2-6(13)7(20-8)4-19-21(16,17)18;;/h3,6-8,13H,2,4H2,1H3,(H,11,14,15)(H2,16,17,18);;/q;+1;-1/t6-,7+,8+;;/m0../s1. The smallest absolute Gasteiger partial charge is 1.00 e. The third kappa shape index (κ3) is 4.85. The van der Waals surface area contributed by atoms with Gasteiger partial charge < -0.3 is 21.1 Å². The number of aliphatic hydroxyl groups excluding tert-OH is 1. The molecule has 1 aromatic heterocycles. The first kappa shape index (κ1) is 19.8. The quantitative estimate of drug-likeness (QED) is 0.316.